The van der Waals surface area contributed by atoms with Crippen LogP contribution in [0.15, 0.2) is 57.3 Å². The molecule has 0 radical (unpaired) electrons. The van der Waals surface area contributed by atoms with Crippen molar-refractivity contribution in [2.24, 2.45) is 11.0 Å². The monoisotopic (exact) mass is 566 g/mol. The molecule has 1 aliphatic rings. The van der Waals surface area contributed by atoms with Crippen molar-refractivity contribution in [3.63, 3.8) is 0 Å². The SMILES string of the molecule is CCCCOC(=O)[C@@H](C)NP(=O)(OC[C@@]1(N=[N+]=[N-])O[C@@H](n2ccc(=O)[nH]c2=O)[C@@H](C)[C@@H]1O)Oc1ccccc1. The zero-order valence-corrected chi connectivity index (χ0v) is 22.5. The predicted molar refractivity (Wildman–Crippen MR) is 138 cm³/mol. The molecule has 16 heteroatoms. The lowest BCUT2D eigenvalue weighted by molar-refractivity contribution is -0.145. The number of benzene rings is 1. The van der Waals surface area contributed by atoms with Gasteiger partial charge in [0.15, 0.2) is 5.72 Å². The molecular formula is C23H31N6O9P. The molecule has 0 aliphatic carbocycles. The Hall–Kier alpha value is -3.45. The molecule has 1 aromatic carbocycles. The number of aliphatic hydroxyl groups excluding tert-OH is 1. The second kappa shape index (κ2) is 13.1. The van der Waals surface area contributed by atoms with Gasteiger partial charge in [0.05, 0.1) is 19.3 Å². The van der Waals surface area contributed by atoms with E-state index >= 15 is 0 Å². The molecule has 2 aromatic rings. The fraction of sp³-hybridized carbons (Fsp3) is 0.522. The van der Waals surface area contributed by atoms with Crippen molar-refractivity contribution in [1.29, 1.82) is 0 Å². The van der Waals surface area contributed by atoms with Gasteiger partial charge in [0.1, 0.15) is 18.0 Å². The minimum atomic E-state index is -4.40. The standard InChI is InChI=1S/C23H31N6O9P/c1-4-5-13-35-21(32)16(3)26-39(34,38-17-9-7-6-8-10-17)36-14-23(27-28-24)19(31)15(2)20(37-23)29-12-11-18(30)25-22(29)33/h6-12,15-16,19-20,31H,4-5,13-14H2,1-3H3,(H,26,34)(H,25,30,33)/t15-,16+,19-,20+,23+,39?/m0/s1. The van der Waals surface area contributed by atoms with Crippen molar-refractivity contribution in [2.45, 2.75) is 57.7 Å². The van der Waals surface area contributed by atoms with Crippen LogP contribution in [0.4, 0.5) is 0 Å². The maximum atomic E-state index is 13.8. The first-order valence-corrected chi connectivity index (χ1v) is 13.8. The topological polar surface area (TPSA) is 207 Å². The van der Waals surface area contributed by atoms with E-state index in [0.717, 1.165) is 17.1 Å². The van der Waals surface area contributed by atoms with E-state index in [1.807, 2.05) is 6.92 Å². The molecule has 15 nitrogen and oxygen atoms in total. The lowest BCUT2D eigenvalue weighted by Gasteiger charge is -2.30. The number of ether oxygens (including phenoxy) is 2. The van der Waals surface area contributed by atoms with Gasteiger partial charge in [-0.15, -0.1) is 0 Å². The maximum absolute atomic E-state index is 13.8. The predicted octanol–water partition coefficient (Wildman–Crippen LogP) is 2.59. The van der Waals surface area contributed by atoms with Gasteiger partial charge < -0.3 is 19.1 Å². The quantitative estimate of drug-likeness (QED) is 0.0806. The van der Waals surface area contributed by atoms with E-state index in [1.165, 1.54) is 32.2 Å². The van der Waals surface area contributed by atoms with E-state index in [-0.39, 0.29) is 12.4 Å². The highest BCUT2D eigenvalue weighted by molar-refractivity contribution is 7.52. The van der Waals surface area contributed by atoms with Gasteiger partial charge in [-0.3, -0.25) is 23.7 Å². The summed E-state index contributed by atoms with van der Waals surface area (Å²) < 4.78 is 37.0. The molecule has 0 saturated carbocycles. The lowest BCUT2D eigenvalue weighted by Crippen LogP contribution is -2.44. The molecule has 1 aliphatic heterocycles. The number of esters is 1. The Morgan fingerprint density at radius 1 is 1.36 bits per heavy atom. The summed E-state index contributed by atoms with van der Waals surface area (Å²) in [6.07, 6.45) is -0.109. The van der Waals surface area contributed by atoms with Gasteiger partial charge in [0, 0.05) is 23.1 Å². The molecular weight excluding hydrogens is 535 g/mol. The molecule has 212 valence electrons. The molecule has 6 atom stereocenters. The number of hydrogen-bond acceptors (Lipinski definition) is 10. The maximum Gasteiger partial charge on any atom is 0.459 e. The van der Waals surface area contributed by atoms with Crippen LogP contribution < -0.4 is 20.9 Å². The van der Waals surface area contributed by atoms with Crippen molar-refractivity contribution >= 4 is 13.7 Å². The first-order valence-electron chi connectivity index (χ1n) is 12.2. The van der Waals surface area contributed by atoms with Crippen molar-refractivity contribution in [3.8, 4) is 5.75 Å². The van der Waals surface area contributed by atoms with Gasteiger partial charge in [-0.25, -0.2) is 9.36 Å². The lowest BCUT2D eigenvalue weighted by atomic mass is 9.98. The first-order chi connectivity index (χ1) is 18.5. The van der Waals surface area contributed by atoms with E-state index in [1.54, 1.807) is 18.2 Å². The molecule has 1 saturated heterocycles. The summed E-state index contributed by atoms with van der Waals surface area (Å²) in [5.41, 5.74) is 5.63. The average molecular weight is 567 g/mol. The highest BCUT2D eigenvalue weighted by Crippen LogP contribution is 2.49. The molecule has 0 amide bonds. The highest BCUT2D eigenvalue weighted by atomic mass is 31.2. The van der Waals surface area contributed by atoms with Crippen LogP contribution in [0.3, 0.4) is 0 Å². The smallest absolute Gasteiger partial charge is 0.459 e. The van der Waals surface area contributed by atoms with Crippen LogP contribution in [-0.4, -0.2) is 51.7 Å². The third kappa shape index (κ3) is 7.35. The Morgan fingerprint density at radius 2 is 2.08 bits per heavy atom. The number of azide groups is 1. The Balaban J connectivity index is 1.88. The average Bonchev–Trinajstić information content (AvgIpc) is 3.14. The number of H-pyrrole nitrogens is 1. The molecule has 1 unspecified atom stereocenters. The number of aliphatic hydroxyl groups is 1. The highest BCUT2D eigenvalue weighted by Gasteiger charge is 2.55. The second-order valence-corrected chi connectivity index (χ2v) is 10.6. The van der Waals surface area contributed by atoms with E-state index in [4.69, 9.17) is 18.5 Å². The summed E-state index contributed by atoms with van der Waals surface area (Å²) in [5, 5.41) is 17.1. The van der Waals surface area contributed by atoms with Gasteiger partial charge in [-0.2, -0.15) is 5.09 Å². The van der Waals surface area contributed by atoms with Crippen LogP contribution >= 0.6 is 7.75 Å². The van der Waals surface area contributed by atoms with Crippen LogP contribution in [0.25, 0.3) is 10.4 Å². The molecule has 1 fully saturated rings. The molecule has 0 bridgehead atoms. The molecule has 0 spiro atoms. The minimum Gasteiger partial charge on any atom is -0.465 e. The third-order valence-electron chi connectivity index (χ3n) is 5.93. The summed E-state index contributed by atoms with van der Waals surface area (Å²) in [6, 6.07) is 7.93. The van der Waals surface area contributed by atoms with Crippen molar-refractivity contribution in [3.05, 3.63) is 73.9 Å². The Bertz CT molecular complexity index is 1350. The van der Waals surface area contributed by atoms with E-state index < -0.39 is 61.6 Å². The number of aromatic nitrogens is 2. The van der Waals surface area contributed by atoms with Gasteiger partial charge in [-0.1, -0.05) is 43.6 Å². The number of para-hydroxylation sites is 1. The summed E-state index contributed by atoms with van der Waals surface area (Å²) in [4.78, 5) is 41.1. The summed E-state index contributed by atoms with van der Waals surface area (Å²) in [6.45, 7) is 4.24. The first kappa shape index (κ1) is 30.1. The van der Waals surface area contributed by atoms with Crippen LogP contribution in [0.1, 0.15) is 39.8 Å². The number of nitrogens with zero attached hydrogens (tertiary/aromatic N) is 4. The summed E-state index contributed by atoms with van der Waals surface area (Å²) in [7, 11) is -4.40. The van der Waals surface area contributed by atoms with Gasteiger partial charge in [0.25, 0.3) is 5.56 Å². The number of aromatic amines is 1. The van der Waals surface area contributed by atoms with Crippen LogP contribution in [0.2, 0.25) is 0 Å². The fourth-order valence-corrected chi connectivity index (χ4v) is 5.33. The Kier molecular flexibility index (Phi) is 10.1. The summed E-state index contributed by atoms with van der Waals surface area (Å²) >= 11 is 0. The van der Waals surface area contributed by atoms with Crippen LogP contribution in [-0.2, 0) is 23.4 Å². The number of rotatable bonds is 13. The van der Waals surface area contributed by atoms with E-state index in [9.17, 15) is 29.6 Å². The number of carbonyl (C=O) groups excluding carboxylic acids is 1. The van der Waals surface area contributed by atoms with E-state index in [0.29, 0.717) is 6.42 Å². The Morgan fingerprint density at radius 3 is 2.72 bits per heavy atom. The molecule has 39 heavy (non-hydrogen) atoms. The fourth-order valence-electron chi connectivity index (χ4n) is 3.82. The van der Waals surface area contributed by atoms with Gasteiger partial charge >= 0.3 is 19.4 Å². The molecule has 1 aromatic heterocycles. The number of unbranched alkanes of at least 4 members (excludes halogenated alkanes) is 1. The minimum absolute atomic E-state index is 0.136. The second-order valence-electron chi connectivity index (χ2n) is 8.91. The zero-order chi connectivity index (χ0) is 28.6. The molecule has 3 N–H and O–H groups in total. The number of hydrogen-bond donors (Lipinski definition) is 3. The van der Waals surface area contributed by atoms with Crippen LogP contribution in [0.5, 0.6) is 5.75 Å². The van der Waals surface area contributed by atoms with Gasteiger partial charge in [-0.05, 0) is 31.0 Å². The number of nitrogens with one attached hydrogen (secondary N) is 2. The normalized spacial score (nSPS) is 24.8. The molecule has 3 rings (SSSR count). The third-order valence-corrected chi connectivity index (χ3v) is 7.56. The van der Waals surface area contributed by atoms with Crippen molar-refractivity contribution in [1.82, 2.24) is 14.6 Å². The van der Waals surface area contributed by atoms with Crippen LogP contribution in [0, 0.1) is 5.92 Å². The summed E-state index contributed by atoms with van der Waals surface area (Å²) in [5.74, 6) is -1.41. The zero-order valence-electron chi connectivity index (χ0n) is 21.6. The Labute approximate surface area is 223 Å². The van der Waals surface area contributed by atoms with Gasteiger partial charge in [0.2, 0.25) is 0 Å². The van der Waals surface area contributed by atoms with Crippen molar-refractivity contribution in [2.75, 3.05) is 13.2 Å². The largest absolute Gasteiger partial charge is 0.465 e. The number of carbonyl (C=O) groups is 1. The molecule has 2 heterocycles. The van der Waals surface area contributed by atoms with Crippen molar-refractivity contribution < 1.29 is 33.0 Å². The van der Waals surface area contributed by atoms with E-state index in [2.05, 4.69) is 20.1 Å².